The maximum Gasteiger partial charge on any atom is 0.251 e. The molecule has 1 aliphatic carbocycles. The molecule has 1 aromatic heterocycles. The van der Waals surface area contributed by atoms with Gasteiger partial charge in [-0.2, -0.15) is 0 Å². The van der Waals surface area contributed by atoms with Gasteiger partial charge in [-0.1, -0.05) is 6.07 Å². The first-order valence-corrected chi connectivity index (χ1v) is 10.6. The summed E-state index contributed by atoms with van der Waals surface area (Å²) in [7, 11) is 0. The Labute approximate surface area is 171 Å². The molecule has 2 fully saturated rings. The van der Waals surface area contributed by atoms with Crippen LogP contribution in [-0.4, -0.2) is 35.8 Å². The Morgan fingerprint density at radius 2 is 2.03 bits per heavy atom. The molecule has 6 nitrogen and oxygen atoms in total. The molecule has 0 bridgehead atoms. The molecule has 1 saturated carbocycles. The van der Waals surface area contributed by atoms with Crippen molar-refractivity contribution in [3.63, 3.8) is 0 Å². The van der Waals surface area contributed by atoms with Crippen LogP contribution in [-0.2, 0) is 11.3 Å². The largest absolute Gasteiger partial charge is 0.468 e. The van der Waals surface area contributed by atoms with Crippen molar-refractivity contribution in [3.8, 4) is 0 Å². The first kappa shape index (κ1) is 19.7. The fourth-order valence-electron chi connectivity index (χ4n) is 3.99. The Balaban J connectivity index is 1.38. The second kappa shape index (κ2) is 8.82. The van der Waals surface area contributed by atoms with Crippen molar-refractivity contribution in [2.24, 2.45) is 5.92 Å². The van der Waals surface area contributed by atoms with Gasteiger partial charge in [-0.3, -0.25) is 14.5 Å². The Morgan fingerprint density at radius 3 is 2.76 bits per heavy atom. The number of hydrogen-bond acceptors (Lipinski definition) is 4. The summed E-state index contributed by atoms with van der Waals surface area (Å²) in [6, 6.07) is 9.67. The summed E-state index contributed by atoms with van der Waals surface area (Å²) >= 11 is 0. The van der Waals surface area contributed by atoms with Crippen molar-refractivity contribution in [1.29, 1.82) is 0 Å². The number of aryl methyl sites for hydroxylation is 1. The number of benzene rings is 1. The Morgan fingerprint density at radius 1 is 1.17 bits per heavy atom. The molecule has 2 aliphatic rings. The summed E-state index contributed by atoms with van der Waals surface area (Å²) in [6.07, 6.45) is 6.83. The van der Waals surface area contributed by atoms with E-state index in [9.17, 15) is 9.59 Å². The molecular weight excluding hydrogens is 366 g/mol. The van der Waals surface area contributed by atoms with Gasteiger partial charge in [0, 0.05) is 23.8 Å². The number of carbonyl (C=O) groups is 2. The van der Waals surface area contributed by atoms with Crippen LogP contribution in [0.15, 0.2) is 41.0 Å². The lowest BCUT2D eigenvalue weighted by Crippen LogP contribution is -2.40. The zero-order valence-electron chi connectivity index (χ0n) is 16.9. The lowest BCUT2D eigenvalue weighted by molar-refractivity contribution is -0.121. The van der Waals surface area contributed by atoms with E-state index in [1.807, 2.05) is 31.2 Å². The summed E-state index contributed by atoms with van der Waals surface area (Å²) in [4.78, 5) is 27.6. The maximum absolute atomic E-state index is 12.9. The minimum Gasteiger partial charge on any atom is -0.468 e. The number of amides is 2. The predicted molar refractivity (Wildman–Crippen MR) is 112 cm³/mol. The lowest BCUT2D eigenvalue weighted by atomic mass is 9.93. The van der Waals surface area contributed by atoms with Crippen LogP contribution in [0.5, 0.6) is 0 Å². The molecule has 1 aliphatic heterocycles. The van der Waals surface area contributed by atoms with Gasteiger partial charge in [-0.25, -0.2) is 0 Å². The van der Waals surface area contributed by atoms with E-state index < -0.39 is 0 Å². The van der Waals surface area contributed by atoms with E-state index >= 15 is 0 Å². The van der Waals surface area contributed by atoms with Crippen LogP contribution in [0.1, 0.15) is 53.8 Å². The fraction of sp³-hybridized carbons (Fsp3) is 0.478. The average molecular weight is 396 g/mol. The van der Waals surface area contributed by atoms with Crippen molar-refractivity contribution < 1.29 is 14.0 Å². The van der Waals surface area contributed by atoms with Gasteiger partial charge in [0.15, 0.2) is 0 Å². The molecule has 2 heterocycles. The van der Waals surface area contributed by atoms with E-state index in [1.54, 1.807) is 12.3 Å². The first-order chi connectivity index (χ1) is 14.1. The third-order valence-corrected chi connectivity index (χ3v) is 6.03. The van der Waals surface area contributed by atoms with Crippen LogP contribution >= 0.6 is 0 Å². The van der Waals surface area contributed by atoms with Crippen LogP contribution in [0.4, 0.5) is 5.69 Å². The van der Waals surface area contributed by atoms with E-state index in [-0.39, 0.29) is 17.7 Å². The molecule has 0 spiro atoms. The molecular formula is C23H29N3O3. The predicted octanol–water partition coefficient (Wildman–Crippen LogP) is 3.72. The second-order valence-corrected chi connectivity index (χ2v) is 8.27. The quantitative estimate of drug-likeness (QED) is 0.782. The number of nitrogens with zero attached hydrogens (tertiary/aromatic N) is 1. The molecule has 6 heteroatoms. The maximum atomic E-state index is 12.9. The number of nitrogens with one attached hydrogen (secondary N) is 2. The van der Waals surface area contributed by atoms with Gasteiger partial charge < -0.3 is 15.1 Å². The van der Waals surface area contributed by atoms with E-state index in [4.69, 9.17) is 4.42 Å². The zero-order chi connectivity index (χ0) is 20.2. The van der Waals surface area contributed by atoms with Crippen molar-refractivity contribution in [1.82, 2.24) is 10.2 Å². The Bertz CT molecular complexity index is 858. The first-order valence-electron chi connectivity index (χ1n) is 10.6. The highest BCUT2D eigenvalue weighted by atomic mass is 16.3. The number of hydrogen-bond donors (Lipinski definition) is 2. The summed E-state index contributed by atoms with van der Waals surface area (Å²) in [6.45, 7) is 4.37. The second-order valence-electron chi connectivity index (χ2n) is 8.27. The number of anilines is 1. The Kier molecular flexibility index (Phi) is 6.00. The molecule has 154 valence electrons. The number of carbonyl (C=O) groups excluding carboxylic acids is 2. The number of piperidine rings is 1. The van der Waals surface area contributed by atoms with Crippen molar-refractivity contribution >= 4 is 17.5 Å². The molecule has 1 aromatic carbocycles. The fourth-order valence-corrected chi connectivity index (χ4v) is 3.99. The monoisotopic (exact) mass is 395 g/mol. The van der Waals surface area contributed by atoms with Crippen LogP contribution < -0.4 is 10.6 Å². The molecule has 1 saturated heterocycles. The lowest BCUT2D eigenvalue weighted by Gasteiger charge is -2.31. The van der Waals surface area contributed by atoms with E-state index in [0.29, 0.717) is 18.2 Å². The highest BCUT2D eigenvalue weighted by molar-refractivity contribution is 5.98. The molecule has 1 unspecified atom stereocenters. The van der Waals surface area contributed by atoms with Crippen molar-refractivity contribution in [2.75, 3.05) is 18.4 Å². The standard InChI is InChI=1S/C23H29N3O3/c1-16-9-10-17(22(27)24-19-6-2-7-19)13-21(16)25-23(28)18-5-3-11-26(14-18)15-20-8-4-12-29-20/h4,8-10,12-13,18-19H,2-3,5-7,11,14-15H2,1H3,(H,24,27)(H,25,28). The third-order valence-electron chi connectivity index (χ3n) is 6.03. The minimum absolute atomic E-state index is 0.0220. The molecule has 2 aromatic rings. The molecule has 1 atom stereocenters. The average Bonchev–Trinajstić information content (AvgIpc) is 3.19. The van der Waals surface area contributed by atoms with Gasteiger partial charge in [0.1, 0.15) is 5.76 Å². The van der Waals surface area contributed by atoms with E-state index in [0.717, 1.165) is 55.8 Å². The molecule has 4 rings (SSSR count). The van der Waals surface area contributed by atoms with Crippen molar-refractivity contribution in [3.05, 3.63) is 53.5 Å². The molecule has 2 amide bonds. The van der Waals surface area contributed by atoms with Gasteiger partial charge in [0.05, 0.1) is 18.7 Å². The smallest absolute Gasteiger partial charge is 0.251 e. The minimum atomic E-state index is -0.0643. The van der Waals surface area contributed by atoms with Crippen LogP contribution in [0.25, 0.3) is 0 Å². The topological polar surface area (TPSA) is 74.6 Å². The van der Waals surface area contributed by atoms with Crippen LogP contribution in [0.3, 0.4) is 0 Å². The number of likely N-dealkylation sites (tertiary alicyclic amines) is 1. The zero-order valence-corrected chi connectivity index (χ0v) is 16.9. The van der Waals surface area contributed by atoms with Gasteiger partial charge in [0.25, 0.3) is 5.91 Å². The van der Waals surface area contributed by atoms with Crippen LogP contribution in [0.2, 0.25) is 0 Å². The summed E-state index contributed by atoms with van der Waals surface area (Å²) in [5.41, 5.74) is 2.28. The van der Waals surface area contributed by atoms with E-state index in [1.165, 1.54) is 6.42 Å². The highest BCUT2D eigenvalue weighted by Crippen LogP contribution is 2.24. The molecule has 2 N–H and O–H groups in total. The highest BCUT2D eigenvalue weighted by Gasteiger charge is 2.27. The van der Waals surface area contributed by atoms with Gasteiger partial charge in [-0.15, -0.1) is 0 Å². The molecule has 29 heavy (non-hydrogen) atoms. The van der Waals surface area contributed by atoms with Gasteiger partial charge in [-0.05, 0) is 75.4 Å². The van der Waals surface area contributed by atoms with Crippen LogP contribution in [0, 0.1) is 12.8 Å². The number of rotatable bonds is 6. The van der Waals surface area contributed by atoms with Gasteiger partial charge in [0.2, 0.25) is 5.91 Å². The van der Waals surface area contributed by atoms with Gasteiger partial charge >= 0.3 is 0 Å². The summed E-state index contributed by atoms with van der Waals surface area (Å²) < 4.78 is 5.44. The summed E-state index contributed by atoms with van der Waals surface area (Å²) in [5.74, 6) is 0.818. The normalized spacial score (nSPS) is 20.1. The Hall–Kier alpha value is -2.60. The van der Waals surface area contributed by atoms with Crippen molar-refractivity contribution in [2.45, 2.75) is 51.6 Å². The third kappa shape index (κ3) is 4.88. The molecule has 0 radical (unpaired) electrons. The number of furan rings is 1. The SMILES string of the molecule is Cc1ccc(C(=O)NC2CCC2)cc1NC(=O)C1CCCN(Cc2ccco2)C1. The van der Waals surface area contributed by atoms with E-state index in [2.05, 4.69) is 15.5 Å². The summed E-state index contributed by atoms with van der Waals surface area (Å²) in [5, 5.41) is 6.12.